The Morgan fingerprint density at radius 1 is 1.35 bits per heavy atom. The summed E-state index contributed by atoms with van der Waals surface area (Å²) in [4.78, 5) is 37.8. The van der Waals surface area contributed by atoms with Crippen LogP contribution in [-0.4, -0.2) is 35.5 Å². The number of pyridine rings is 1. The topological polar surface area (TPSA) is 92.4 Å². The van der Waals surface area contributed by atoms with Crippen molar-refractivity contribution in [1.29, 1.82) is 5.26 Å². The number of rotatable bonds is 5. The van der Waals surface area contributed by atoms with Crippen molar-refractivity contribution in [2.24, 2.45) is 0 Å². The molecule has 0 unspecified atom stereocenters. The summed E-state index contributed by atoms with van der Waals surface area (Å²) >= 11 is 5.93. The summed E-state index contributed by atoms with van der Waals surface area (Å²) in [6.45, 7) is -0.00857. The molecule has 0 fully saturated rings. The molecule has 134 valence electrons. The van der Waals surface area contributed by atoms with E-state index in [0.29, 0.717) is 11.6 Å². The predicted molar refractivity (Wildman–Crippen MR) is 94.7 cm³/mol. The second kappa shape index (κ2) is 8.32. The van der Waals surface area contributed by atoms with Crippen LogP contribution in [0.2, 0.25) is 5.02 Å². The van der Waals surface area contributed by atoms with Gasteiger partial charge in [-0.3, -0.25) is 9.59 Å². The molecule has 2 rings (SSSR count). The number of carbonyl (C=O) groups excluding carboxylic acids is 2. The number of nitriles is 1. The molecule has 0 saturated carbocycles. The number of hydrogen-bond acceptors (Lipinski definition) is 5. The van der Waals surface area contributed by atoms with Gasteiger partial charge in [0.1, 0.15) is 18.2 Å². The lowest BCUT2D eigenvalue weighted by Gasteiger charge is -2.18. The van der Waals surface area contributed by atoms with Crippen LogP contribution in [0.4, 0.5) is 0 Å². The molecule has 1 amide bonds. The standard InChI is InChI=1S/C18H16ClN3O4/c1-21(9-12-4-3-5-15(19)6-12)16(23)11-22-10-14(18(25)26-2)7-13(8-20)17(22)24/h3-7,10H,9,11H2,1-2H3. The Bertz CT molecular complexity index is 946. The molecule has 0 radical (unpaired) electrons. The van der Waals surface area contributed by atoms with Crippen LogP contribution < -0.4 is 5.56 Å². The molecule has 26 heavy (non-hydrogen) atoms. The van der Waals surface area contributed by atoms with E-state index in [9.17, 15) is 14.4 Å². The molecule has 1 heterocycles. The zero-order valence-electron chi connectivity index (χ0n) is 14.2. The number of carbonyl (C=O) groups is 2. The van der Waals surface area contributed by atoms with Crippen molar-refractivity contribution in [3.63, 3.8) is 0 Å². The van der Waals surface area contributed by atoms with Gasteiger partial charge >= 0.3 is 5.97 Å². The third-order valence-corrected chi connectivity index (χ3v) is 3.90. The van der Waals surface area contributed by atoms with Gasteiger partial charge in [-0.15, -0.1) is 0 Å². The number of esters is 1. The summed E-state index contributed by atoms with van der Waals surface area (Å²) < 4.78 is 5.63. The molecular weight excluding hydrogens is 358 g/mol. The molecule has 0 aliphatic rings. The Kier molecular flexibility index (Phi) is 6.15. The van der Waals surface area contributed by atoms with Crippen molar-refractivity contribution in [2.45, 2.75) is 13.1 Å². The van der Waals surface area contributed by atoms with Crippen LogP contribution >= 0.6 is 11.6 Å². The fourth-order valence-electron chi connectivity index (χ4n) is 2.33. The maximum atomic E-state index is 12.4. The first-order valence-electron chi connectivity index (χ1n) is 7.57. The summed E-state index contributed by atoms with van der Waals surface area (Å²) in [7, 11) is 2.78. The van der Waals surface area contributed by atoms with Gasteiger partial charge in [0.15, 0.2) is 0 Å². The highest BCUT2D eigenvalue weighted by Gasteiger charge is 2.16. The second-order valence-electron chi connectivity index (χ2n) is 5.56. The normalized spacial score (nSPS) is 10.1. The summed E-state index contributed by atoms with van der Waals surface area (Å²) in [5.74, 6) is -1.06. The van der Waals surface area contributed by atoms with Crippen molar-refractivity contribution in [3.8, 4) is 6.07 Å². The number of amides is 1. The number of aromatic nitrogens is 1. The first-order chi connectivity index (χ1) is 12.3. The Morgan fingerprint density at radius 3 is 2.69 bits per heavy atom. The van der Waals surface area contributed by atoms with Crippen LogP contribution in [0.3, 0.4) is 0 Å². The lowest BCUT2D eigenvalue weighted by molar-refractivity contribution is -0.131. The number of benzene rings is 1. The van der Waals surface area contributed by atoms with Crippen molar-refractivity contribution in [2.75, 3.05) is 14.2 Å². The fourth-order valence-corrected chi connectivity index (χ4v) is 2.54. The largest absolute Gasteiger partial charge is 0.465 e. The average molecular weight is 374 g/mol. The number of ether oxygens (including phenoxy) is 1. The maximum absolute atomic E-state index is 12.4. The van der Waals surface area contributed by atoms with Gasteiger partial charge in [0.05, 0.1) is 12.7 Å². The number of nitrogens with zero attached hydrogens (tertiary/aromatic N) is 3. The van der Waals surface area contributed by atoms with Gasteiger partial charge in [0.25, 0.3) is 5.56 Å². The van der Waals surface area contributed by atoms with E-state index in [1.54, 1.807) is 31.3 Å². The first kappa shape index (κ1) is 19.2. The number of halogens is 1. The molecule has 0 saturated heterocycles. The van der Waals surface area contributed by atoms with Gasteiger partial charge in [-0.05, 0) is 23.8 Å². The van der Waals surface area contributed by atoms with E-state index in [2.05, 4.69) is 4.74 Å². The summed E-state index contributed by atoms with van der Waals surface area (Å²) in [5.41, 5.74) is -0.0291. The quantitative estimate of drug-likeness (QED) is 0.745. The zero-order valence-corrected chi connectivity index (χ0v) is 15.0. The van der Waals surface area contributed by atoms with E-state index in [-0.39, 0.29) is 23.6 Å². The van der Waals surface area contributed by atoms with Crippen molar-refractivity contribution < 1.29 is 14.3 Å². The molecule has 2 aromatic rings. The highest BCUT2D eigenvalue weighted by Crippen LogP contribution is 2.12. The van der Waals surface area contributed by atoms with Crippen molar-refractivity contribution >= 4 is 23.5 Å². The van der Waals surface area contributed by atoms with Gasteiger partial charge in [0, 0.05) is 24.8 Å². The third kappa shape index (κ3) is 4.49. The lowest BCUT2D eigenvalue weighted by atomic mass is 10.2. The highest BCUT2D eigenvalue weighted by molar-refractivity contribution is 6.30. The van der Waals surface area contributed by atoms with E-state index in [1.165, 1.54) is 18.2 Å². The molecule has 0 aliphatic carbocycles. The third-order valence-electron chi connectivity index (χ3n) is 3.67. The molecule has 0 aliphatic heterocycles. The maximum Gasteiger partial charge on any atom is 0.339 e. The summed E-state index contributed by atoms with van der Waals surface area (Å²) in [5, 5.41) is 9.62. The molecule has 7 nitrogen and oxygen atoms in total. The minimum atomic E-state index is -0.699. The summed E-state index contributed by atoms with van der Waals surface area (Å²) in [6, 6.07) is 9.94. The van der Waals surface area contributed by atoms with Gasteiger partial charge in [-0.2, -0.15) is 5.26 Å². The number of likely N-dealkylation sites (N-methyl/N-ethyl adjacent to an activating group) is 1. The van der Waals surface area contributed by atoms with E-state index < -0.39 is 11.5 Å². The Morgan fingerprint density at radius 2 is 2.08 bits per heavy atom. The molecule has 1 aromatic heterocycles. The smallest absolute Gasteiger partial charge is 0.339 e. The molecule has 8 heteroatoms. The minimum absolute atomic E-state index is 0.0222. The van der Waals surface area contributed by atoms with Crippen molar-refractivity contribution in [3.05, 3.63) is 68.6 Å². The second-order valence-corrected chi connectivity index (χ2v) is 6.00. The van der Waals surface area contributed by atoms with E-state index >= 15 is 0 Å². The van der Waals surface area contributed by atoms with Crippen LogP contribution in [0.25, 0.3) is 0 Å². The Labute approximate surface area is 155 Å². The highest BCUT2D eigenvalue weighted by atomic mass is 35.5. The van der Waals surface area contributed by atoms with Gasteiger partial charge in [-0.25, -0.2) is 4.79 Å². The SMILES string of the molecule is COC(=O)c1cc(C#N)c(=O)n(CC(=O)N(C)Cc2cccc(Cl)c2)c1. The molecule has 0 bridgehead atoms. The van der Waals surface area contributed by atoms with Gasteiger partial charge in [0.2, 0.25) is 5.91 Å². The predicted octanol–water partition coefficient (Wildman–Crippen LogP) is 1.82. The van der Waals surface area contributed by atoms with Crippen LogP contribution in [0, 0.1) is 11.3 Å². The molecule has 1 aromatic carbocycles. The van der Waals surface area contributed by atoms with Crippen LogP contribution in [0.15, 0.2) is 41.3 Å². The molecular formula is C18H16ClN3O4. The average Bonchev–Trinajstić information content (AvgIpc) is 2.62. The number of hydrogen-bond donors (Lipinski definition) is 0. The van der Waals surface area contributed by atoms with E-state index in [4.69, 9.17) is 16.9 Å². The summed E-state index contributed by atoms with van der Waals surface area (Å²) in [6.07, 6.45) is 1.21. The van der Waals surface area contributed by atoms with Crippen molar-refractivity contribution in [1.82, 2.24) is 9.47 Å². The van der Waals surface area contributed by atoms with Gasteiger partial charge in [-0.1, -0.05) is 23.7 Å². The molecule has 0 spiro atoms. The Hall–Kier alpha value is -3.11. The molecule has 0 N–H and O–H groups in total. The number of methoxy groups -OCH3 is 1. The zero-order chi connectivity index (χ0) is 19.3. The minimum Gasteiger partial charge on any atom is -0.465 e. The lowest BCUT2D eigenvalue weighted by Crippen LogP contribution is -2.34. The van der Waals surface area contributed by atoms with Crippen LogP contribution in [0.1, 0.15) is 21.5 Å². The van der Waals surface area contributed by atoms with E-state index in [1.807, 2.05) is 6.07 Å². The monoisotopic (exact) mass is 373 g/mol. The fraction of sp³-hybridized carbons (Fsp3) is 0.222. The van der Waals surface area contributed by atoms with E-state index in [0.717, 1.165) is 16.2 Å². The Balaban J connectivity index is 2.23. The van der Waals surface area contributed by atoms with Crippen LogP contribution in [-0.2, 0) is 22.6 Å². The van der Waals surface area contributed by atoms with Gasteiger partial charge < -0.3 is 14.2 Å². The van der Waals surface area contributed by atoms with Crippen LogP contribution in [0.5, 0.6) is 0 Å². The molecule has 0 atom stereocenters. The first-order valence-corrected chi connectivity index (χ1v) is 7.94.